The smallest absolute Gasteiger partial charge is 0.304 e. The fourth-order valence-corrected chi connectivity index (χ4v) is 1.83. The topological polar surface area (TPSA) is 105 Å². The number of hydrogen-bond donors (Lipinski definition) is 4. The summed E-state index contributed by atoms with van der Waals surface area (Å²) in [5, 5.41) is 20.5. The van der Waals surface area contributed by atoms with Gasteiger partial charge in [-0.05, 0) is 30.2 Å². The largest absolute Gasteiger partial charge is 0.496 e. The molecule has 1 rings (SSSR count). The lowest BCUT2D eigenvalue weighted by atomic mass is 10.0. The molecule has 0 bridgehead atoms. The number of aliphatic hydroxyl groups is 1. The number of nitrogens with one attached hydrogen (secondary N) is 1. The van der Waals surface area contributed by atoms with Gasteiger partial charge in [0, 0.05) is 18.3 Å². The van der Waals surface area contributed by atoms with Crippen molar-refractivity contribution < 1.29 is 19.7 Å². The molecule has 0 aliphatic rings. The molecule has 0 aliphatic carbocycles. The maximum absolute atomic E-state index is 10.6. The van der Waals surface area contributed by atoms with E-state index >= 15 is 0 Å². The summed E-state index contributed by atoms with van der Waals surface area (Å²) in [4.78, 5) is 10.6. The maximum Gasteiger partial charge on any atom is 0.304 e. The second kappa shape index (κ2) is 7.60. The first-order chi connectivity index (χ1) is 9.06. The van der Waals surface area contributed by atoms with Crippen LogP contribution in [0.25, 0.3) is 0 Å². The number of carboxylic acid groups (broad SMARTS) is 1. The summed E-state index contributed by atoms with van der Waals surface area (Å²) in [6.07, 6.45) is 0.335. The van der Waals surface area contributed by atoms with E-state index < -0.39 is 12.0 Å². The first kappa shape index (κ1) is 15.3. The predicted octanol–water partition coefficient (Wildman–Crippen LogP) is 0.444. The van der Waals surface area contributed by atoms with Crippen LogP contribution in [0.4, 0.5) is 5.69 Å². The number of ether oxygens (including phenoxy) is 1. The van der Waals surface area contributed by atoms with Crippen LogP contribution in [0.1, 0.15) is 12.0 Å². The van der Waals surface area contributed by atoms with Crippen LogP contribution in [0.5, 0.6) is 5.75 Å². The molecule has 0 saturated carbocycles. The molecule has 0 radical (unpaired) electrons. The maximum atomic E-state index is 10.6. The molecule has 1 aromatic rings. The third-order valence-electron chi connectivity index (χ3n) is 2.64. The van der Waals surface area contributed by atoms with E-state index in [9.17, 15) is 4.79 Å². The molecule has 6 nitrogen and oxygen atoms in total. The van der Waals surface area contributed by atoms with E-state index in [-0.39, 0.29) is 13.0 Å². The van der Waals surface area contributed by atoms with Gasteiger partial charge in [-0.1, -0.05) is 0 Å². The van der Waals surface area contributed by atoms with Crippen molar-refractivity contribution in [1.29, 1.82) is 0 Å². The summed E-state index contributed by atoms with van der Waals surface area (Å²) >= 11 is 0. The lowest BCUT2D eigenvalue weighted by molar-refractivity contribution is -0.137. The van der Waals surface area contributed by atoms with Gasteiger partial charge in [0.15, 0.2) is 0 Å². The van der Waals surface area contributed by atoms with Crippen LogP contribution in [-0.4, -0.2) is 42.5 Å². The Morgan fingerprint density at radius 1 is 1.53 bits per heavy atom. The summed E-state index contributed by atoms with van der Waals surface area (Å²) < 4.78 is 5.23. The van der Waals surface area contributed by atoms with Gasteiger partial charge in [0.1, 0.15) is 5.75 Å². The second-order valence-electron chi connectivity index (χ2n) is 4.24. The molecule has 6 heteroatoms. The fourth-order valence-electron chi connectivity index (χ4n) is 1.83. The number of carboxylic acids is 1. The summed E-state index contributed by atoms with van der Waals surface area (Å²) in [5.74, 6) is -0.239. The van der Waals surface area contributed by atoms with Crippen LogP contribution < -0.4 is 15.8 Å². The highest BCUT2D eigenvalue weighted by Crippen LogP contribution is 2.24. The average molecular weight is 268 g/mol. The Hall–Kier alpha value is -1.79. The van der Waals surface area contributed by atoms with Crippen molar-refractivity contribution in [3.63, 3.8) is 0 Å². The molecule has 5 N–H and O–H groups in total. The molecule has 19 heavy (non-hydrogen) atoms. The Morgan fingerprint density at radius 2 is 2.26 bits per heavy atom. The van der Waals surface area contributed by atoms with E-state index in [0.717, 1.165) is 11.3 Å². The molecule has 106 valence electrons. The molecule has 0 fully saturated rings. The second-order valence-corrected chi connectivity index (χ2v) is 4.24. The average Bonchev–Trinajstić information content (AvgIpc) is 2.35. The zero-order valence-electron chi connectivity index (χ0n) is 10.9. The number of methoxy groups -OCH3 is 1. The van der Waals surface area contributed by atoms with Crippen molar-refractivity contribution in [3.8, 4) is 5.75 Å². The number of anilines is 1. The van der Waals surface area contributed by atoms with Gasteiger partial charge < -0.3 is 26.0 Å². The van der Waals surface area contributed by atoms with Crippen molar-refractivity contribution in [3.05, 3.63) is 23.8 Å². The van der Waals surface area contributed by atoms with E-state index in [1.165, 1.54) is 0 Å². The van der Waals surface area contributed by atoms with E-state index in [2.05, 4.69) is 5.32 Å². The van der Waals surface area contributed by atoms with Crippen LogP contribution in [0.2, 0.25) is 0 Å². The highest BCUT2D eigenvalue weighted by atomic mass is 16.5. The highest BCUT2D eigenvalue weighted by Gasteiger charge is 2.12. The molecule has 0 spiro atoms. The van der Waals surface area contributed by atoms with E-state index in [0.29, 0.717) is 18.7 Å². The zero-order chi connectivity index (χ0) is 14.3. The summed E-state index contributed by atoms with van der Waals surface area (Å²) in [6, 6.07) is 5.03. The van der Waals surface area contributed by atoms with Crippen LogP contribution in [0.3, 0.4) is 0 Å². The van der Waals surface area contributed by atoms with Gasteiger partial charge in [0.25, 0.3) is 0 Å². The van der Waals surface area contributed by atoms with Crippen molar-refractivity contribution in [1.82, 2.24) is 0 Å². The summed E-state index contributed by atoms with van der Waals surface area (Å²) in [5.41, 5.74) is 7.47. The first-order valence-corrected chi connectivity index (χ1v) is 6.05. The summed E-state index contributed by atoms with van der Waals surface area (Å²) in [6.45, 7) is 0.493. The Balaban J connectivity index is 2.80. The Morgan fingerprint density at radius 3 is 2.84 bits per heavy atom. The third-order valence-corrected chi connectivity index (χ3v) is 2.64. The first-order valence-electron chi connectivity index (χ1n) is 6.05. The number of carbonyl (C=O) groups is 1. The Bertz CT molecular complexity index is 423. The van der Waals surface area contributed by atoms with Gasteiger partial charge in [-0.3, -0.25) is 4.79 Å². The summed E-state index contributed by atoms with van der Waals surface area (Å²) in [7, 11) is 1.56. The van der Waals surface area contributed by atoms with Crippen molar-refractivity contribution in [2.24, 2.45) is 5.73 Å². The van der Waals surface area contributed by atoms with Crippen LogP contribution in [-0.2, 0) is 11.2 Å². The van der Waals surface area contributed by atoms with Gasteiger partial charge >= 0.3 is 5.97 Å². The molecule has 0 heterocycles. The molecular weight excluding hydrogens is 248 g/mol. The number of nitrogens with two attached hydrogens (primary N) is 1. The number of aliphatic hydroxyl groups excluding tert-OH is 1. The van der Waals surface area contributed by atoms with Gasteiger partial charge in [-0.25, -0.2) is 0 Å². The quantitative estimate of drug-likeness (QED) is 0.545. The van der Waals surface area contributed by atoms with E-state index in [1.807, 2.05) is 12.1 Å². The van der Waals surface area contributed by atoms with Gasteiger partial charge in [0.2, 0.25) is 0 Å². The van der Waals surface area contributed by atoms with Crippen molar-refractivity contribution >= 4 is 11.7 Å². The molecule has 0 amide bonds. The number of hydrogen-bond acceptors (Lipinski definition) is 5. The fraction of sp³-hybridized carbons (Fsp3) is 0.462. The van der Waals surface area contributed by atoms with Gasteiger partial charge in [0.05, 0.1) is 20.1 Å². The van der Waals surface area contributed by atoms with Crippen molar-refractivity contribution in [2.75, 3.05) is 25.6 Å². The number of benzene rings is 1. The molecule has 0 saturated heterocycles. The molecule has 0 unspecified atom stereocenters. The highest BCUT2D eigenvalue weighted by molar-refractivity contribution is 5.67. The van der Waals surface area contributed by atoms with Crippen LogP contribution >= 0.6 is 0 Å². The SMILES string of the molecule is COc1ccc(NCCO)cc1C[C@H](N)CC(=O)O. The minimum atomic E-state index is -0.916. The normalized spacial score (nSPS) is 11.9. The van der Waals surface area contributed by atoms with E-state index in [4.69, 9.17) is 20.7 Å². The monoisotopic (exact) mass is 268 g/mol. The van der Waals surface area contributed by atoms with Crippen molar-refractivity contribution in [2.45, 2.75) is 18.9 Å². The molecular formula is C13H20N2O4. The third kappa shape index (κ3) is 5.15. The molecule has 1 aromatic carbocycles. The minimum absolute atomic E-state index is 0.0416. The molecule has 0 aromatic heterocycles. The lowest BCUT2D eigenvalue weighted by Gasteiger charge is -2.14. The standard InChI is InChI=1S/C13H20N2O4/c1-19-12-3-2-11(15-4-5-16)7-9(12)6-10(14)8-13(17)18/h2-3,7,10,15-16H,4-6,8,14H2,1H3,(H,17,18)/t10-/m0/s1. The predicted molar refractivity (Wildman–Crippen MR) is 72.5 cm³/mol. The van der Waals surface area contributed by atoms with Gasteiger partial charge in [-0.2, -0.15) is 0 Å². The Kier molecular flexibility index (Phi) is 6.11. The molecule has 1 atom stereocenters. The number of aliphatic carboxylic acids is 1. The molecule has 0 aliphatic heterocycles. The number of rotatable bonds is 8. The van der Waals surface area contributed by atoms with Crippen LogP contribution in [0.15, 0.2) is 18.2 Å². The van der Waals surface area contributed by atoms with Gasteiger partial charge in [-0.15, -0.1) is 0 Å². The van der Waals surface area contributed by atoms with E-state index in [1.54, 1.807) is 13.2 Å². The Labute approximate surface area is 112 Å². The zero-order valence-corrected chi connectivity index (χ0v) is 10.9. The lowest BCUT2D eigenvalue weighted by Crippen LogP contribution is -2.26. The van der Waals surface area contributed by atoms with Crippen LogP contribution in [0, 0.1) is 0 Å². The minimum Gasteiger partial charge on any atom is -0.496 e.